The third-order valence-corrected chi connectivity index (χ3v) is 10.0. The lowest BCUT2D eigenvalue weighted by molar-refractivity contribution is 0.741. The predicted molar refractivity (Wildman–Crippen MR) is 194 cm³/mol. The summed E-state index contributed by atoms with van der Waals surface area (Å²) in [7, 11) is 0. The molecule has 3 aliphatic rings. The average Bonchev–Trinajstić information content (AvgIpc) is 3.67. The molecule has 0 N–H and O–H groups in total. The first kappa shape index (κ1) is 27.9. The molecule has 1 aliphatic heterocycles. The van der Waals surface area contributed by atoms with Crippen molar-refractivity contribution in [3.05, 3.63) is 168 Å². The maximum atomic E-state index is 9.91. The molecule has 0 saturated heterocycles. The minimum atomic E-state index is 0.130. The summed E-state index contributed by atoms with van der Waals surface area (Å²) in [5.74, 6) is 0.148. The number of rotatable bonds is 4. The number of aromatic nitrogens is 1. The van der Waals surface area contributed by atoms with Crippen molar-refractivity contribution < 1.29 is 0 Å². The molecule has 5 aromatic carbocycles. The Kier molecular flexibility index (Phi) is 6.49. The van der Waals surface area contributed by atoms with Crippen LogP contribution >= 0.6 is 0 Å². The highest BCUT2D eigenvalue weighted by atomic mass is 15.2. The fourth-order valence-electron chi connectivity index (χ4n) is 7.88. The molecule has 9 rings (SSSR count). The van der Waals surface area contributed by atoms with E-state index in [-0.39, 0.29) is 12.0 Å². The average molecular weight is 615 g/mol. The maximum absolute atomic E-state index is 9.91. The Morgan fingerprint density at radius 1 is 0.688 bits per heavy atom. The van der Waals surface area contributed by atoms with Gasteiger partial charge in [-0.25, -0.2) is 0 Å². The fraction of sp³-hybridized carbons (Fsp3) is 0.0909. The Morgan fingerprint density at radius 3 is 2.40 bits per heavy atom. The molecule has 6 aromatic rings. The first-order valence-electron chi connectivity index (χ1n) is 16.4. The first-order chi connectivity index (χ1) is 23.7. The van der Waals surface area contributed by atoms with Crippen molar-refractivity contribution in [3.8, 4) is 40.1 Å². The van der Waals surface area contributed by atoms with Gasteiger partial charge in [-0.2, -0.15) is 10.5 Å². The number of hydrogen-bond acceptors (Lipinski definition) is 3. The molecule has 0 saturated carbocycles. The van der Waals surface area contributed by atoms with E-state index in [0.717, 1.165) is 46.5 Å². The minimum absolute atomic E-state index is 0.130. The lowest BCUT2D eigenvalue weighted by atomic mass is 9.89. The molecule has 2 aliphatic carbocycles. The molecule has 0 amide bonds. The lowest BCUT2D eigenvalue weighted by Crippen LogP contribution is -2.28. The van der Waals surface area contributed by atoms with Crippen LogP contribution in [0.25, 0.3) is 44.9 Å². The largest absolute Gasteiger partial charge is 0.333 e. The monoisotopic (exact) mass is 614 g/mol. The van der Waals surface area contributed by atoms with Crippen molar-refractivity contribution in [2.24, 2.45) is 0 Å². The molecule has 0 fully saturated rings. The quantitative estimate of drug-likeness (QED) is 0.199. The molecule has 48 heavy (non-hydrogen) atoms. The van der Waals surface area contributed by atoms with Gasteiger partial charge in [0.1, 0.15) is 0 Å². The normalized spacial score (nSPS) is 17.3. The van der Waals surface area contributed by atoms with E-state index in [1.54, 1.807) is 0 Å². The number of fused-ring (bicyclic) bond motifs is 6. The number of anilines is 2. The summed E-state index contributed by atoms with van der Waals surface area (Å²) in [6, 6.07) is 45.5. The number of nitriles is 2. The van der Waals surface area contributed by atoms with Crippen molar-refractivity contribution in [1.29, 1.82) is 10.5 Å². The van der Waals surface area contributed by atoms with Gasteiger partial charge in [0.25, 0.3) is 0 Å². The van der Waals surface area contributed by atoms with Crippen molar-refractivity contribution in [2.45, 2.75) is 24.8 Å². The van der Waals surface area contributed by atoms with Gasteiger partial charge < -0.3 is 9.47 Å². The van der Waals surface area contributed by atoms with E-state index in [0.29, 0.717) is 11.1 Å². The van der Waals surface area contributed by atoms with Crippen LogP contribution in [0.2, 0.25) is 0 Å². The van der Waals surface area contributed by atoms with E-state index in [4.69, 9.17) is 0 Å². The Hall–Kier alpha value is -6.36. The first-order valence-corrected chi connectivity index (χ1v) is 16.4. The Labute approximate surface area is 280 Å². The molecule has 0 bridgehead atoms. The Bertz CT molecular complexity index is 2440. The van der Waals surface area contributed by atoms with E-state index in [1.165, 1.54) is 33.4 Å². The highest BCUT2D eigenvalue weighted by Crippen LogP contribution is 2.48. The molecule has 0 radical (unpaired) electrons. The van der Waals surface area contributed by atoms with E-state index in [1.807, 2.05) is 18.2 Å². The van der Waals surface area contributed by atoms with Crippen LogP contribution in [0, 0.1) is 22.7 Å². The number of benzene rings is 5. The molecular weight excluding hydrogens is 585 g/mol. The molecule has 2 heterocycles. The SMILES string of the molecule is N#CC1=CC2c3ccccc3N(c3ccc(-c4cccc(-c5cc(C#N)ccc5-n5c6c(c7ccccc75)C=CCC6)c4)cc3)C2C=C1. The van der Waals surface area contributed by atoms with Gasteiger partial charge in [0.2, 0.25) is 0 Å². The van der Waals surface area contributed by atoms with Crippen LogP contribution in [0.4, 0.5) is 11.4 Å². The molecular formula is C44H30N4. The zero-order chi connectivity index (χ0) is 32.2. The highest BCUT2D eigenvalue weighted by Gasteiger charge is 2.38. The zero-order valence-corrected chi connectivity index (χ0v) is 26.2. The van der Waals surface area contributed by atoms with Gasteiger partial charge in [0.15, 0.2) is 0 Å². The van der Waals surface area contributed by atoms with E-state index < -0.39 is 0 Å². The summed E-state index contributed by atoms with van der Waals surface area (Å²) in [5.41, 5.74) is 14.2. The maximum Gasteiger partial charge on any atom is 0.0991 e. The van der Waals surface area contributed by atoms with Crippen molar-refractivity contribution in [1.82, 2.24) is 4.57 Å². The minimum Gasteiger partial charge on any atom is -0.333 e. The van der Waals surface area contributed by atoms with Gasteiger partial charge in [-0.1, -0.05) is 91.0 Å². The van der Waals surface area contributed by atoms with Crippen LogP contribution in [0.15, 0.2) is 145 Å². The highest BCUT2D eigenvalue weighted by molar-refractivity contribution is 5.95. The number of allylic oxidation sites excluding steroid dienone is 3. The second kappa shape index (κ2) is 11.2. The zero-order valence-electron chi connectivity index (χ0n) is 26.2. The summed E-state index contributed by atoms with van der Waals surface area (Å²) in [6.07, 6.45) is 12.7. The van der Waals surface area contributed by atoms with Crippen LogP contribution in [-0.4, -0.2) is 10.6 Å². The van der Waals surface area contributed by atoms with E-state index in [9.17, 15) is 10.5 Å². The van der Waals surface area contributed by atoms with Gasteiger partial charge in [0.05, 0.1) is 34.9 Å². The topological polar surface area (TPSA) is 55.8 Å². The third-order valence-electron chi connectivity index (χ3n) is 10.0. The smallest absolute Gasteiger partial charge is 0.0991 e. The number of hydrogen-bond donors (Lipinski definition) is 0. The van der Waals surface area contributed by atoms with Gasteiger partial charge in [-0.3, -0.25) is 0 Å². The predicted octanol–water partition coefficient (Wildman–Crippen LogP) is 10.4. The summed E-state index contributed by atoms with van der Waals surface area (Å²) < 4.78 is 2.40. The molecule has 4 nitrogen and oxygen atoms in total. The van der Waals surface area contributed by atoms with Crippen LogP contribution < -0.4 is 4.90 Å². The summed E-state index contributed by atoms with van der Waals surface area (Å²) in [5, 5.41) is 20.7. The molecule has 226 valence electrons. The van der Waals surface area contributed by atoms with Gasteiger partial charge in [-0.05, 0) is 89.7 Å². The van der Waals surface area contributed by atoms with Crippen LogP contribution in [0.3, 0.4) is 0 Å². The van der Waals surface area contributed by atoms with Crippen LogP contribution in [-0.2, 0) is 6.42 Å². The second-order valence-corrected chi connectivity index (χ2v) is 12.7. The summed E-state index contributed by atoms with van der Waals surface area (Å²) in [4.78, 5) is 2.39. The van der Waals surface area contributed by atoms with Gasteiger partial charge in [-0.15, -0.1) is 0 Å². The summed E-state index contributed by atoms with van der Waals surface area (Å²) >= 11 is 0. The van der Waals surface area contributed by atoms with Crippen molar-refractivity contribution in [2.75, 3.05) is 4.90 Å². The second-order valence-electron chi connectivity index (χ2n) is 12.7. The van der Waals surface area contributed by atoms with Gasteiger partial charge >= 0.3 is 0 Å². The molecule has 0 spiro atoms. The lowest BCUT2D eigenvalue weighted by Gasteiger charge is -2.29. The molecule has 1 aromatic heterocycles. The van der Waals surface area contributed by atoms with Crippen molar-refractivity contribution in [3.63, 3.8) is 0 Å². The van der Waals surface area contributed by atoms with Gasteiger partial charge in [0, 0.05) is 45.1 Å². The third kappa shape index (κ3) is 4.35. The van der Waals surface area contributed by atoms with E-state index >= 15 is 0 Å². The number of para-hydroxylation sites is 2. The number of nitrogens with zero attached hydrogens (tertiary/aromatic N) is 4. The Morgan fingerprint density at radius 2 is 1.52 bits per heavy atom. The summed E-state index contributed by atoms with van der Waals surface area (Å²) in [6.45, 7) is 0. The van der Waals surface area contributed by atoms with Crippen molar-refractivity contribution >= 4 is 28.4 Å². The van der Waals surface area contributed by atoms with Crippen LogP contribution in [0.5, 0.6) is 0 Å². The van der Waals surface area contributed by atoms with E-state index in [2.05, 4.69) is 149 Å². The standard InChI is InChI=1S/C44H30N4/c45-27-29-16-22-43(48-41-14-5-1-10-35(41)36-11-2-6-15-42(36)48)38(24-29)33-9-7-8-32(26-33)31-18-20-34(21-19-31)47-40-13-4-3-12-37(40)39-25-30(28-46)17-23-44(39)47/h1-5,7-14,16-26,39,44H,6,15H2. The molecule has 2 unspecified atom stereocenters. The molecule has 2 atom stereocenters. The molecule has 4 heteroatoms. The fourth-order valence-corrected chi connectivity index (χ4v) is 7.88. The Balaban J connectivity index is 1.11. The van der Waals surface area contributed by atoms with Crippen LogP contribution in [0.1, 0.15) is 34.7 Å².